The van der Waals surface area contributed by atoms with E-state index in [4.69, 9.17) is 16.3 Å². The van der Waals surface area contributed by atoms with Crippen molar-refractivity contribution in [2.45, 2.75) is 12.8 Å². The fourth-order valence-electron chi connectivity index (χ4n) is 1.36. The van der Waals surface area contributed by atoms with Gasteiger partial charge in [-0.05, 0) is 17.7 Å². The van der Waals surface area contributed by atoms with E-state index in [2.05, 4.69) is 0 Å². The molecule has 0 saturated heterocycles. The SMILES string of the molecule is COc1ccc(C=CCSC(C)=O)cc1CCl. The van der Waals surface area contributed by atoms with Crippen molar-refractivity contribution >= 4 is 34.6 Å². The number of carbonyl (C=O) groups excluding carboxylic acids is 1. The molecule has 2 nitrogen and oxygen atoms in total. The fraction of sp³-hybridized carbons (Fsp3) is 0.308. The molecule has 0 aliphatic heterocycles. The summed E-state index contributed by atoms with van der Waals surface area (Å²) in [4.78, 5) is 10.7. The molecule has 17 heavy (non-hydrogen) atoms. The third-order valence-corrected chi connectivity index (χ3v) is 3.20. The van der Waals surface area contributed by atoms with E-state index in [0.717, 1.165) is 16.9 Å². The number of hydrogen-bond acceptors (Lipinski definition) is 3. The lowest BCUT2D eigenvalue weighted by Gasteiger charge is -2.06. The first-order valence-corrected chi connectivity index (χ1v) is 6.72. The van der Waals surface area contributed by atoms with Crippen LogP contribution in [0.3, 0.4) is 0 Å². The van der Waals surface area contributed by atoms with Crippen LogP contribution in [0, 0.1) is 0 Å². The monoisotopic (exact) mass is 270 g/mol. The lowest BCUT2D eigenvalue weighted by Crippen LogP contribution is -1.90. The Hall–Kier alpha value is -0.930. The molecule has 0 spiro atoms. The summed E-state index contributed by atoms with van der Waals surface area (Å²) in [6.07, 6.45) is 3.94. The zero-order valence-corrected chi connectivity index (χ0v) is 11.5. The Bertz CT molecular complexity index is 416. The lowest BCUT2D eigenvalue weighted by molar-refractivity contribution is -0.109. The van der Waals surface area contributed by atoms with Gasteiger partial charge >= 0.3 is 0 Å². The minimum absolute atomic E-state index is 0.130. The molecule has 0 amide bonds. The number of carbonyl (C=O) groups is 1. The van der Waals surface area contributed by atoms with Crippen molar-refractivity contribution in [2.24, 2.45) is 0 Å². The zero-order chi connectivity index (χ0) is 12.7. The second kappa shape index (κ2) is 7.41. The van der Waals surface area contributed by atoms with Crippen molar-refractivity contribution in [3.63, 3.8) is 0 Å². The molecule has 0 fully saturated rings. The molecule has 0 bridgehead atoms. The summed E-state index contributed by atoms with van der Waals surface area (Å²) in [6, 6.07) is 5.85. The largest absolute Gasteiger partial charge is 0.496 e. The Morgan fingerprint density at radius 3 is 2.88 bits per heavy atom. The van der Waals surface area contributed by atoms with Crippen LogP contribution in [-0.2, 0) is 10.7 Å². The Morgan fingerprint density at radius 1 is 1.53 bits per heavy atom. The molecule has 92 valence electrons. The van der Waals surface area contributed by atoms with E-state index < -0.39 is 0 Å². The van der Waals surface area contributed by atoms with E-state index in [1.54, 1.807) is 14.0 Å². The molecule has 0 heterocycles. The van der Waals surface area contributed by atoms with Crippen LogP contribution in [0.2, 0.25) is 0 Å². The van der Waals surface area contributed by atoms with Crippen molar-refractivity contribution in [3.05, 3.63) is 35.4 Å². The summed E-state index contributed by atoms with van der Waals surface area (Å²) >= 11 is 7.12. The number of halogens is 1. The number of ether oxygens (including phenoxy) is 1. The van der Waals surface area contributed by atoms with Crippen LogP contribution in [0.15, 0.2) is 24.3 Å². The van der Waals surface area contributed by atoms with Gasteiger partial charge in [-0.2, -0.15) is 0 Å². The van der Waals surface area contributed by atoms with Crippen LogP contribution in [0.4, 0.5) is 0 Å². The third-order valence-electron chi connectivity index (χ3n) is 2.14. The summed E-state index contributed by atoms with van der Waals surface area (Å²) < 4.78 is 5.19. The van der Waals surface area contributed by atoms with Gasteiger partial charge in [-0.3, -0.25) is 4.79 Å². The molecule has 0 unspecified atom stereocenters. The topological polar surface area (TPSA) is 26.3 Å². The Labute approximate surface area is 111 Å². The Balaban J connectivity index is 2.68. The van der Waals surface area contributed by atoms with Crippen molar-refractivity contribution in [1.29, 1.82) is 0 Å². The molecule has 0 radical (unpaired) electrons. The molecule has 1 rings (SSSR count). The number of hydrogen-bond donors (Lipinski definition) is 0. The van der Waals surface area contributed by atoms with E-state index in [1.807, 2.05) is 30.4 Å². The molecule has 0 aromatic heterocycles. The van der Waals surface area contributed by atoms with Crippen molar-refractivity contribution in [1.82, 2.24) is 0 Å². The minimum atomic E-state index is 0.130. The molecule has 4 heteroatoms. The van der Waals surface area contributed by atoms with E-state index in [-0.39, 0.29) is 5.12 Å². The van der Waals surface area contributed by atoms with Gasteiger partial charge in [-0.1, -0.05) is 30.0 Å². The van der Waals surface area contributed by atoms with Crippen LogP contribution < -0.4 is 4.74 Å². The van der Waals surface area contributed by atoms with Gasteiger partial charge < -0.3 is 4.74 Å². The maximum absolute atomic E-state index is 10.7. The molecule has 0 saturated carbocycles. The maximum Gasteiger partial charge on any atom is 0.186 e. The molecule has 1 aromatic carbocycles. The van der Waals surface area contributed by atoms with Crippen LogP contribution in [0.5, 0.6) is 5.75 Å². The predicted octanol–water partition coefficient (Wildman–Crippen LogP) is 3.73. The predicted molar refractivity (Wildman–Crippen MR) is 74.7 cm³/mol. The van der Waals surface area contributed by atoms with Gasteiger partial charge in [0.1, 0.15) is 5.75 Å². The standard InChI is InChI=1S/C13H15ClO2S/c1-10(15)17-7-3-4-11-5-6-13(16-2)12(8-11)9-14/h3-6,8H,7,9H2,1-2H3. The average Bonchev–Trinajstić information content (AvgIpc) is 2.34. The van der Waals surface area contributed by atoms with Crippen molar-refractivity contribution in [2.75, 3.05) is 12.9 Å². The van der Waals surface area contributed by atoms with Crippen LogP contribution in [0.1, 0.15) is 18.1 Å². The summed E-state index contributed by atoms with van der Waals surface area (Å²) in [5, 5.41) is 0.130. The van der Waals surface area contributed by atoms with E-state index in [9.17, 15) is 4.79 Å². The van der Waals surface area contributed by atoms with Gasteiger partial charge in [0.25, 0.3) is 0 Å². The van der Waals surface area contributed by atoms with Gasteiger partial charge in [0.15, 0.2) is 5.12 Å². The first-order valence-electron chi connectivity index (χ1n) is 5.20. The minimum Gasteiger partial charge on any atom is -0.496 e. The molecule has 1 aromatic rings. The molecule has 0 N–H and O–H groups in total. The maximum atomic E-state index is 10.7. The fourth-order valence-corrected chi connectivity index (χ4v) is 1.99. The zero-order valence-electron chi connectivity index (χ0n) is 9.90. The summed E-state index contributed by atoms with van der Waals surface area (Å²) in [6.45, 7) is 1.57. The van der Waals surface area contributed by atoms with Gasteiger partial charge in [0.2, 0.25) is 0 Å². The summed E-state index contributed by atoms with van der Waals surface area (Å²) in [5.74, 6) is 1.92. The number of methoxy groups -OCH3 is 1. The van der Waals surface area contributed by atoms with E-state index in [0.29, 0.717) is 11.6 Å². The average molecular weight is 271 g/mol. The normalized spacial score (nSPS) is 10.8. The van der Waals surface area contributed by atoms with Crippen LogP contribution in [0.25, 0.3) is 6.08 Å². The molecule has 0 aliphatic carbocycles. The third kappa shape index (κ3) is 4.84. The Morgan fingerprint density at radius 2 is 2.29 bits per heavy atom. The highest BCUT2D eigenvalue weighted by Crippen LogP contribution is 2.22. The first-order chi connectivity index (χ1) is 8.17. The van der Waals surface area contributed by atoms with Crippen molar-refractivity contribution in [3.8, 4) is 5.75 Å². The molecular weight excluding hydrogens is 256 g/mol. The molecule has 0 aliphatic rings. The number of benzene rings is 1. The van der Waals surface area contributed by atoms with E-state index in [1.165, 1.54) is 11.8 Å². The number of alkyl halides is 1. The van der Waals surface area contributed by atoms with Gasteiger partial charge in [-0.25, -0.2) is 0 Å². The van der Waals surface area contributed by atoms with Crippen LogP contribution in [-0.4, -0.2) is 18.0 Å². The summed E-state index contributed by atoms with van der Waals surface area (Å²) in [7, 11) is 1.63. The quantitative estimate of drug-likeness (QED) is 0.763. The summed E-state index contributed by atoms with van der Waals surface area (Å²) in [5.41, 5.74) is 2.03. The van der Waals surface area contributed by atoms with Gasteiger partial charge in [-0.15, -0.1) is 11.6 Å². The highest BCUT2D eigenvalue weighted by Gasteiger charge is 2.01. The van der Waals surface area contributed by atoms with Gasteiger partial charge in [0, 0.05) is 18.2 Å². The second-order valence-corrected chi connectivity index (χ2v) is 4.87. The lowest BCUT2D eigenvalue weighted by atomic mass is 10.1. The highest BCUT2D eigenvalue weighted by molar-refractivity contribution is 8.13. The second-order valence-electron chi connectivity index (χ2n) is 3.41. The smallest absolute Gasteiger partial charge is 0.186 e. The highest BCUT2D eigenvalue weighted by atomic mass is 35.5. The van der Waals surface area contributed by atoms with Gasteiger partial charge in [0.05, 0.1) is 13.0 Å². The van der Waals surface area contributed by atoms with E-state index >= 15 is 0 Å². The first kappa shape index (κ1) is 14.1. The Kier molecular flexibility index (Phi) is 6.16. The molecular formula is C13H15ClO2S. The number of thioether (sulfide) groups is 1. The van der Waals surface area contributed by atoms with Crippen LogP contribution >= 0.6 is 23.4 Å². The number of rotatable bonds is 5. The van der Waals surface area contributed by atoms with Crippen molar-refractivity contribution < 1.29 is 9.53 Å². The molecule has 0 atom stereocenters.